The molecular formula is C52H49N5OPt. The number of pyridine rings is 2. The molecule has 6 nitrogen and oxygen atoms in total. The van der Waals surface area contributed by atoms with E-state index in [1.165, 1.54) is 16.7 Å². The Hall–Kier alpha value is -5.58. The number of fused-ring (bicyclic) bond motifs is 4. The molecule has 59 heavy (non-hydrogen) atoms. The summed E-state index contributed by atoms with van der Waals surface area (Å²) in [6.07, 6.45) is 1.82. The third-order valence-corrected chi connectivity index (χ3v) is 12.0. The Morgan fingerprint density at radius 1 is 0.627 bits per heavy atom. The van der Waals surface area contributed by atoms with Gasteiger partial charge in [-0.05, 0) is 83.7 Å². The molecule has 9 rings (SSSR count). The number of aromatic nitrogens is 5. The van der Waals surface area contributed by atoms with Crippen LogP contribution >= 0.6 is 0 Å². The predicted octanol–water partition coefficient (Wildman–Crippen LogP) is 12.2. The van der Waals surface area contributed by atoms with Crippen molar-refractivity contribution in [1.82, 2.24) is 24.1 Å². The van der Waals surface area contributed by atoms with Crippen molar-refractivity contribution in [1.29, 1.82) is 0 Å². The monoisotopic (exact) mass is 954 g/mol. The van der Waals surface area contributed by atoms with Gasteiger partial charge in [-0.2, -0.15) is 40.5 Å². The van der Waals surface area contributed by atoms with Crippen LogP contribution in [0.4, 0.5) is 0 Å². The molecule has 0 saturated heterocycles. The smallest absolute Gasteiger partial charge is 0.441 e. The molecule has 4 aromatic carbocycles. The maximum Gasteiger partial charge on any atom is 2.00 e. The fraction of sp³-hybridized carbons (Fsp3) is 0.250. The van der Waals surface area contributed by atoms with Crippen molar-refractivity contribution in [2.45, 2.75) is 85.5 Å². The molecule has 0 unspecified atom stereocenters. The fourth-order valence-corrected chi connectivity index (χ4v) is 8.79. The Balaban J connectivity index is 0.00000484. The van der Waals surface area contributed by atoms with Crippen LogP contribution in [0.25, 0.3) is 33.6 Å². The number of benzene rings is 4. The first-order valence-electron chi connectivity index (χ1n) is 20.1. The average molecular weight is 955 g/mol. The van der Waals surface area contributed by atoms with Crippen LogP contribution in [0.1, 0.15) is 97.7 Å². The second-order valence-electron chi connectivity index (χ2n) is 17.8. The minimum Gasteiger partial charge on any atom is -0.441 e. The Kier molecular flexibility index (Phi) is 9.95. The van der Waals surface area contributed by atoms with Gasteiger partial charge in [0.1, 0.15) is 5.88 Å². The largest absolute Gasteiger partial charge is 2.00 e. The Labute approximate surface area is 362 Å². The molecule has 8 aromatic rings. The van der Waals surface area contributed by atoms with Gasteiger partial charge in [0.2, 0.25) is 5.88 Å². The summed E-state index contributed by atoms with van der Waals surface area (Å²) < 4.78 is 11.0. The summed E-state index contributed by atoms with van der Waals surface area (Å²) in [5.41, 5.74) is 15.7. The maximum absolute atomic E-state index is 6.86. The standard InChI is InChI=1S/C52H49N5O.Pt/c1-32-34(3)56-46(54-32)29-40(31-48(56)58-47-30-37(24-25-53-47)50(5,6)7)52(44-22-16-14-20-42(44)43-21-15-17-23-45(43)52)39-26-38(51(8,9)10)27-41(28-39)57-35(4)49(33(2)55-57)36-18-12-11-13-19-36;/h11-27,29-30H,1-10H3;/q-2;+2. The third-order valence-electron chi connectivity index (χ3n) is 12.0. The molecular weight excluding hydrogens is 906 g/mol. The summed E-state index contributed by atoms with van der Waals surface area (Å²) in [4.78, 5) is 9.83. The van der Waals surface area contributed by atoms with Gasteiger partial charge in [0.15, 0.2) is 0 Å². The molecule has 298 valence electrons. The molecule has 1 aliphatic carbocycles. The zero-order chi connectivity index (χ0) is 40.7. The number of aryl methyl sites for hydroxylation is 3. The van der Waals surface area contributed by atoms with Crippen LogP contribution in [0.3, 0.4) is 0 Å². The molecule has 1 aliphatic rings. The second-order valence-corrected chi connectivity index (χ2v) is 17.8. The summed E-state index contributed by atoms with van der Waals surface area (Å²) in [6, 6.07) is 46.9. The van der Waals surface area contributed by atoms with E-state index in [1.54, 1.807) is 0 Å². The Morgan fingerprint density at radius 3 is 1.88 bits per heavy atom. The van der Waals surface area contributed by atoms with E-state index in [2.05, 4.69) is 187 Å². The number of rotatable bonds is 6. The van der Waals surface area contributed by atoms with Gasteiger partial charge in [0.25, 0.3) is 0 Å². The van der Waals surface area contributed by atoms with Crippen molar-refractivity contribution < 1.29 is 25.8 Å². The van der Waals surface area contributed by atoms with E-state index in [4.69, 9.17) is 19.8 Å². The topological polar surface area (TPSA) is 57.2 Å². The molecule has 0 saturated carbocycles. The van der Waals surface area contributed by atoms with Gasteiger partial charge < -0.3 is 4.74 Å². The van der Waals surface area contributed by atoms with Crippen molar-refractivity contribution in [2.75, 3.05) is 0 Å². The summed E-state index contributed by atoms with van der Waals surface area (Å²) in [6.45, 7) is 21.8. The van der Waals surface area contributed by atoms with Crippen LogP contribution in [0.5, 0.6) is 11.8 Å². The van der Waals surface area contributed by atoms with Gasteiger partial charge >= 0.3 is 21.1 Å². The number of ether oxygens (including phenoxy) is 1. The molecule has 7 heteroatoms. The van der Waals surface area contributed by atoms with E-state index in [0.717, 1.165) is 73.1 Å². The van der Waals surface area contributed by atoms with E-state index < -0.39 is 5.41 Å². The van der Waals surface area contributed by atoms with Crippen LogP contribution in [0, 0.1) is 39.8 Å². The van der Waals surface area contributed by atoms with Crippen LogP contribution < -0.4 is 4.74 Å². The second kappa shape index (κ2) is 14.6. The minimum absolute atomic E-state index is 0. The molecule has 0 atom stereocenters. The minimum atomic E-state index is -0.851. The molecule has 0 amide bonds. The number of hydrogen-bond donors (Lipinski definition) is 0. The summed E-state index contributed by atoms with van der Waals surface area (Å²) >= 11 is 0. The van der Waals surface area contributed by atoms with Crippen molar-refractivity contribution >= 4 is 5.65 Å². The van der Waals surface area contributed by atoms with Gasteiger partial charge in [-0.3, -0.25) is 14.1 Å². The summed E-state index contributed by atoms with van der Waals surface area (Å²) in [5.74, 6) is 1.04. The van der Waals surface area contributed by atoms with Crippen molar-refractivity contribution in [3.8, 4) is 39.7 Å². The Morgan fingerprint density at radius 2 is 1.24 bits per heavy atom. The van der Waals surface area contributed by atoms with E-state index in [1.807, 2.05) is 19.2 Å². The third kappa shape index (κ3) is 6.57. The molecule has 4 aromatic heterocycles. The molecule has 0 fully saturated rings. The predicted molar refractivity (Wildman–Crippen MR) is 233 cm³/mol. The quantitative estimate of drug-likeness (QED) is 0.156. The Bertz CT molecular complexity index is 2840. The molecule has 0 radical (unpaired) electrons. The molecule has 0 bridgehead atoms. The zero-order valence-electron chi connectivity index (χ0n) is 35.4. The van der Waals surface area contributed by atoms with Gasteiger partial charge in [0, 0.05) is 34.6 Å². The molecule has 0 spiro atoms. The first-order chi connectivity index (χ1) is 27.7. The van der Waals surface area contributed by atoms with Crippen molar-refractivity contribution in [2.24, 2.45) is 0 Å². The zero-order valence-corrected chi connectivity index (χ0v) is 37.7. The maximum atomic E-state index is 6.86. The van der Waals surface area contributed by atoms with Crippen LogP contribution in [0.15, 0.2) is 115 Å². The molecule has 4 heterocycles. The molecule has 0 aliphatic heterocycles. The van der Waals surface area contributed by atoms with Gasteiger partial charge in [-0.15, -0.1) is 11.6 Å². The number of nitrogens with zero attached hydrogens (tertiary/aromatic N) is 5. The number of imidazole rings is 1. The van der Waals surface area contributed by atoms with Crippen molar-refractivity contribution in [3.05, 3.63) is 184 Å². The van der Waals surface area contributed by atoms with E-state index >= 15 is 0 Å². The van der Waals surface area contributed by atoms with Gasteiger partial charge in [-0.25, -0.2) is 4.98 Å². The van der Waals surface area contributed by atoms with Gasteiger partial charge in [0.05, 0.1) is 17.0 Å². The van der Waals surface area contributed by atoms with E-state index in [0.29, 0.717) is 11.8 Å². The first-order valence-corrected chi connectivity index (χ1v) is 20.1. The fourth-order valence-electron chi connectivity index (χ4n) is 8.79. The van der Waals surface area contributed by atoms with E-state index in [-0.39, 0.29) is 31.9 Å². The SMILES string of the molecule is Cc1nn(-c2[c-]c(C3(c4[c-]c(Oc5cc(C(C)(C)C)ccn5)n5c(C)c(C)nc5c4)c4ccccc4-c4ccccc43)cc(C(C)(C)C)c2)c(C)c1-c1ccccc1.[Pt+2]. The summed E-state index contributed by atoms with van der Waals surface area (Å²) in [7, 11) is 0. The van der Waals surface area contributed by atoms with E-state index in [9.17, 15) is 0 Å². The van der Waals surface area contributed by atoms with Gasteiger partial charge in [-0.1, -0.05) is 120 Å². The average Bonchev–Trinajstić information content (AvgIpc) is 3.79. The van der Waals surface area contributed by atoms with Crippen LogP contribution in [-0.4, -0.2) is 24.1 Å². The van der Waals surface area contributed by atoms with Crippen LogP contribution in [-0.2, 0) is 37.3 Å². The first kappa shape index (κ1) is 40.2. The van der Waals surface area contributed by atoms with Crippen molar-refractivity contribution in [3.63, 3.8) is 0 Å². The number of hydrogen-bond acceptors (Lipinski definition) is 4. The normalized spacial score (nSPS) is 13.3. The summed E-state index contributed by atoms with van der Waals surface area (Å²) in [5, 5.41) is 5.21. The van der Waals surface area contributed by atoms with Crippen LogP contribution in [0.2, 0.25) is 0 Å². The molecule has 0 N–H and O–H groups in total.